The van der Waals surface area contributed by atoms with Crippen LogP contribution in [0, 0.1) is 0 Å². The number of carbonyl (C=O) groups excluding carboxylic acids is 1. The highest BCUT2D eigenvalue weighted by molar-refractivity contribution is 6.42. The summed E-state index contributed by atoms with van der Waals surface area (Å²) in [5, 5.41) is 4.46. The number of rotatable bonds is 6. The second-order valence-corrected chi connectivity index (χ2v) is 7.16. The number of hydrogen-bond acceptors (Lipinski definition) is 3. The van der Waals surface area contributed by atoms with E-state index in [0.29, 0.717) is 29.7 Å². The predicted molar refractivity (Wildman–Crippen MR) is 96.4 cm³/mol. The average Bonchev–Trinajstić information content (AvgIpc) is 2.44. The molecule has 1 N–H and O–H groups in total. The molecule has 0 aliphatic carbocycles. The Hall–Kier alpha value is -0.970. The van der Waals surface area contributed by atoms with Gasteiger partial charge in [0, 0.05) is 25.7 Å². The standard InChI is InChI=1S/C17H26Cl2N2O2/c1-6-21(16(22)23-17(3,4)5)11-10-20-12(2)13-8-7-9-14(18)15(13)19/h7-9,12,20H,6,10-11H2,1-5H3. The molecule has 130 valence electrons. The fourth-order valence-corrected chi connectivity index (χ4v) is 2.56. The molecule has 0 spiro atoms. The third-order valence-corrected chi connectivity index (χ3v) is 4.15. The van der Waals surface area contributed by atoms with Gasteiger partial charge in [-0.05, 0) is 46.2 Å². The van der Waals surface area contributed by atoms with Crippen molar-refractivity contribution in [2.45, 2.75) is 46.3 Å². The molecule has 0 heterocycles. The van der Waals surface area contributed by atoms with Crippen LogP contribution in [0.4, 0.5) is 4.79 Å². The largest absolute Gasteiger partial charge is 0.444 e. The number of hydrogen-bond donors (Lipinski definition) is 1. The minimum absolute atomic E-state index is 0.0403. The van der Waals surface area contributed by atoms with Gasteiger partial charge in [0.25, 0.3) is 0 Å². The van der Waals surface area contributed by atoms with E-state index in [1.54, 1.807) is 11.0 Å². The van der Waals surface area contributed by atoms with Gasteiger partial charge in [-0.25, -0.2) is 4.79 Å². The van der Waals surface area contributed by atoms with Crippen molar-refractivity contribution in [2.75, 3.05) is 19.6 Å². The molecule has 0 bridgehead atoms. The SMILES string of the molecule is CCN(CCNC(C)c1cccc(Cl)c1Cl)C(=O)OC(C)(C)C. The number of nitrogens with one attached hydrogen (secondary N) is 1. The Balaban J connectivity index is 2.54. The van der Waals surface area contributed by atoms with E-state index in [1.165, 1.54) is 0 Å². The molecular formula is C17H26Cl2N2O2. The zero-order valence-corrected chi connectivity index (χ0v) is 16.0. The highest BCUT2D eigenvalue weighted by Gasteiger charge is 2.21. The number of ether oxygens (including phenoxy) is 1. The molecule has 0 aromatic heterocycles. The quantitative estimate of drug-likeness (QED) is 0.784. The van der Waals surface area contributed by atoms with E-state index in [9.17, 15) is 4.79 Å². The summed E-state index contributed by atoms with van der Waals surface area (Å²) < 4.78 is 5.39. The molecule has 0 radical (unpaired) electrons. The normalized spacial score (nSPS) is 12.8. The van der Waals surface area contributed by atoms with Crippen LogP contribution >= 0.6 is 23.2 Å². The molecule has 0 saturated carbocycles. The van der Waals surface area contributed by atoms with Gasteiger partial charge in [-0.2, -0.15) is 0 Å². The summed E-state index contributed by atoms with van der Waals surface area (Å²) in [5.41, 5.74) is 0.457. The lowest BCUT2D eigenvalue weighted by Crippen LogP contribution is -2.40. The molecule has 0 fully saturated rings. The van der Waals surface area contributed by atoms with E-state index in [-0.39, 0.29) is 12.1 Å². The van der Waals surface area contributed by atoms with Crippen LogP contribution in [-0.4, -0.2) is 36.2 Å². The van der Waals surface area contributed by atoms with E-state index in [2.05, 4.69) is 5.32 Å². The van der Waals surface area contributed by atoms with Gasteiger partial charge in [-0.3, -0.25) is 0 Å². The number of benzene rings is 1. The van der Waals surface area contributed by atoms with Gasteiger partial charge in [-0.1, -0.05) is 35.3 Å². The Morgan fingerprint density at radius 3 is 2.57 bits per heavy atom. The molecule has 0 saturated heterocycles. The highest BCUT2D eigenvalue weighted by atomic mass is 35.5. The monoisotopic (exact) mass is 360 g/mol. The van der Waals surface area contributed by atoms with E-state index in [0.717, 1.165) is 5.56 Å². The summed E-state index contributed by atoms with van der Waals surface area (Å²) in [7, 11) is 0. The first kappa shape index (κ1) is 20.1. The molecule has 23 heavy (non-hydrogen) atoms. The van der Waals surface area contributed by atoms with Crippen LogP contribution in [0.1, 0.15) is 46.2 Å². The molecule has 6 heteroatoms. The predicted octanol–water partition coefficient (Wildman–Crippen LogP) is 4.90. The summed E-state index contributed by atoms with van der Waals surface area (Å²) >= 11 is 12.3. The van der Waals surface area contributed by atoms with Crippen molar-refractivity contribution in [1.82, 2.24) is 10.2 Å². The van der Waals surface area contributed by atoms with Crippen molar-refractivity contribution in [3.8, 4) is 0 Å². The summed E-state index contributed by atoms with van der Waals surface area (Å²) in [6, 6.07) is 5.62. The summed E-state index contributed by atoms with van der Waals surface area (Å²) in [6.45, 7) is 11.3. The fourth-order valence-electron chi connectivity index (χ4n) is 2.09. The zero-order chi connectivity index (χ0) is 17.6. The molecule has 0 aliphatic heterocycles. The minimum atomic E-state index is -0.487. The topological polar surface area (TPSA) is 41.6 Å². The van der Waals surface area contributed by atoms with Crippen molar-refractivity contribution < 1.29 is 9.53 Å². The molecular weight excluding hydrogens is 335 g/mol. The first-order chi connectivity index (χ1) is 10.7. The summed E-state index contributed by atoms with van der Waals surface area (Å²) in [4.78, 5) is 13.7. The Kier molecular flexibility index (Phi) is 7.65. The summed E-state index contributed by atoms with van der Waals surface area (Å²) in [6.07, 6.45) is -0.296. The van der Waals surface area contributed by atoms with Crippen LogP contribution in [0.25, 0.3) is 0 Å². The van der Waals surface area contributed by atoms with Gasteiger partial charge in [-0.15, -0.1) is 0 Å². The van der Waals surface area contributed by atoms with Crippen LogP contribution in [0.15, 0.2) is 18.2 Å². The maximum Gasteiger partial charge on any atom is 0.410 e. The minimum Gasteiger partial charge on any atom is -0.444 e. The van der Waals surface area contributed by atoms with Crippen LogP contribution in [-0.2, 0) is 4.74 Å². The Bertz CT molecular complexity index is 530. The third-order valence-electron chi connectivity index (χ3n) is 3.31. The Labute approximate surface area is 149 Å². The maximum absolute atomic E-state index is 12.1. The number of nitrogens with zero attached hydrogens (tertiary/aromatic N) is 1. The molecule has 1 atom stereocenters. The number of amides is 1. The molecule has 1 rings (SSSR count). The lowest BCUT2D eigenvalue weighted by atomic mass is 10.1. The van der Waals surface area contributed by atoms with E-state index >= 15 is 0 Å². The number of likely N-dealkylation sites (N-methyl/N-ethyl adjacent to an activating group) is 1. The molecule has 1 unspecified atom stereocenters. The average molecular weight is 361 g/mol. The van der Waals surface area contributed by atoms with Crippen LogP contribution in [0.2, 0.25) is 10.0 Å². The van der Waals surface area contributed by atoms with Gasteiger partial charge in [0.15, 0.2) is 0 Å². The number of carbonyl (C=O) groups is 1. The molecule has 1 amide bonds. The van der Waals surface area contributed by atoms with Crippen molar-refractivity contribution >= 4 is 29.3 Å². The Morgan fingerprint density at radius 2 is 2.00 bits per heavy atom. The van der Waals surface area contributed by atoms with Crippen molar-refractivity contribution in [2.24, 2.45) is 0 Å². The first-order valence-corrected chi connectivity index (χ1v) is 8.56. The second kappa shape index (κ2) is 8.76. The van der Waals surface area contributed by atoms with Gasteiger partial charge in [0.2, 0.25) is 0 Å². The molecule has 1 aromatic carbocycles. The van der Waals surface area contributed by atoms with Gasteiger partial charge < -0.3 is 15.0 Å². The maximum atomic E-state index is 12.1. The lowest BCUT2D eigenvalue weighted by molar-refractivity contribution is 0.0261. The second-order valence-electron chi connectivity index (χ2n) is 6.38. The Morgan fingerprint density at radius 1 is 1.35 bits per heavy atom. The molecule has 4 nitrogen and oxygen atoms in total. The number of halogens is 2. The molecule has 1 aromatic rings. The van der Waals surface area contributed by atoms with Crippen molar-refractivity contribution in [1.29, 1.82) is 0 Å². The smallest absolute Gasteiger partial charge is 0.410 e. The van der Waals surface area contributed by atoms with E-state index in [1.807, 2.05) is 46.8 Å². The van der Waals surface area contributed by atoms with Gasteiger partial charge in [0.05, 0.1) is 10.0 Å². The lowest BCUT2D eigenvalue weighted by Gasteiger charge is -2.27. The highest BCUT2D eigenvalue weighted by Crippen LogP contribution is 2.29. The van der Waals surface area contributed by atoms with Crippen molar-refractivity contribution in [3.05, 3.63) is 33.8 Å². The van der Waals surface area contributed by atoms with E-state index < -0.39 is 5.60 Å². The van der Waals surface area contributed by atoms with Gasteiger partial charge >= 0.3 is 6.09 Å². The van der Waals surface area contributed by atoms with E-state index in [4.69, 9.17) is 27.9 Å². The van der Waals surface area contributed by atoms with Crippen LogP contribution in [0.5, 0.6) is 0 Å². The fraction of sp³-hybridized carbons (Fsp3) is 0.588. The van der Waals surface area contributed by atoms with Crippen molar-refractivity contribution in [3.63, 3.8) is 0 Å². The first-order valence-electron chi connectivity index (χ1n) is 7.81. The van der Waals surface area contributed by atoms with Crippen LogP contribution in [0.3, 0.4) is 0 Å². The van der Waals surface area contributed by atoms with Gasteiger partial charge in [0.1, 0.15) is 5.60 Å². The summed E-state index contributed by atoms with van der Waals surface area (Å²) in [5.74, 6) is 0. The molecule has 0 aliphatic rings. The van der Waals surface area contributed by atoms with Crippen LogP contribution < -0.4 is 5.32 Å². The third kappa shape index (κ3) is 6.58. The zero-order valence-electron chi connectivity index (χ0n) is 14.5.